The highest BCUT2D eigenvalue weighted by Gasteiger charge is 2.17. The normalized spacial score (nSPS) is 23.2. The van der Waals surface area contributed by atoms with Gasteiger partial charge in [0.1, 0.15) is 5.82 Å². The van der Waals surface area contributed by atoms with E-state index in [1.807, 2.05) is 12.2 Å². The molecule has 17 heavy (non-hydrogen) atoms. The maximum absolute atomic E-state index is 13.4. The predicted molar refractivity (Wildman–Crippen MR) is 66.4 cm³/mol. The van der Waals surface area contributed by atoms with Crippen LogP contribution in [0.5, 0.6) is 0 Å². The van der Waals surface area contributed by atoms with Gasteiger partial charge in [0, 0.05) is 35.7 Å². The van der Waals surface area contributed by atoms with Crippen LogP contribution in [0.15, 0.2) is 30.4 Å². The quantitative estimate of drug-likeness (QED) is 0.811. The number of hydrogen-bond acceptors (Lipinski definition) is 2. The zero-order chi connectivity index (χ0) is 12.3. The van der Waals surface area contributed by atoms with Crippen molar-refractivity contribution in [3.05, 3.63) is 46.8 Å². The highest BCUT2D eigenvalue weighted by Crippen LogP contribution is 2.19. The van der Waals surface area contributed by atoms with Gasteiger partial charge in [-0.25, -0.2) is 4.39 Å². The summed E-state index contributed by atoms with van der Waals surface area (Å²) in [5.74, 6) is -0.0284. The average Bonchev–Trinajstić information content (AvgIpc) is 2.78. The second kappa shape index (κ2) is 5.63. The van der Waals surface area contributed by atoms with E-state index in [1.54, 1.807) is 6.07 Å². The molecule has 2 rings (SSSR count). The van der Waals surface area contributed by atoms with Gasteiger partial charge >= 0.3 is 0 Å². The smallest absolute Gasteiger partial charge is 0.127 e. The Hall–Kier alpha value is -0.900. The number of rotatable bonds is 4. The minimum atomic E-state index is -0.248. The number of nitrogens with one attached hydrogen (secondary N) is 1. The van der Waals surface area contributed by atoms with E-state index in [-0.39, 0.29) is 24.4 Å². The fourth-order valence-corrected chi connectivity index (χ4v) is 2.18. The lowest BCUT2D eigenvalue weighted by Gasteiger charge is -2.13. The third kappa shape index (κ3) is 3.28. The summed E-state index contributed by atoms with van der Waals surface area (Å²) in [5, 5.41) is 12.8. The van der Waals surface area contributed by atoms with E-state index >= 15 is 0 Å². The van der Waals surface area contributed by atoms with Crippen molar-refractivity contribution in [3.63, 3.8) is 0 Å². The zero-order valence-electron chi connectivity index (χ0n) is 9.37. The molecule has 0 bridgehead atoms. The van der Waals surface area contributed by atoms with Crippen LogP contribution in [0, 0.1) is 11.7 Å². The molecule has 0 amide bonds. The van der Waals surface area contributed by atoms with Crippen LogP contribution in [0.3, 0.4) is 0 Å². The van der Waals surface area contributed by atoms with E-state index in [4.69, 9.17) is 16.7 Å². The molecule has 0 saturated heterocycles. The maximum atomic E-state index is 13.4. The van der Waals surface area contributed by atoms with Gasteiger partial charge in [-0.3, -0.25) is 0 Å². The summed E-state index contributed by atoms with van der Waals surface area (Å²) >= 11 is 5.82. The molecule has 4 heteroatoms. The van der Waals surface area contributed by atoms with Crippen LogP contribution in [-0.4, -0.2) is 17.8 Å². The van der Waals surface area contributed by atoms with Crippen LogP contribution in [0.1, 0.15) is 12.0 Å². The fraction of sp³-hybridized carbons (Fsp3) is 0.385. The Kier molecular flexibility index (Phi) is 4.15. The first kappa shape index (κ1) is 12.6. The van der Waals surface area contributed by atoms with Crippen molar-refractivity contribution in [3.8, 4) is 0 Å². The summed E-state index contributed by atoms with van der Waals surface area (Å²) in [6.07, 6.45) is 4.87. The summed E-state index contributed by atoms with van der Waals surface area (Å²) in [4.78, 5) is 0. The summed E-state index contributed by atoms with van der Waals surface area (Å²) in [7, 11) is 0. The summed E-state index contributed by atoms with van der Waals surface area (Å²) in [6.45, 7) is 0.611. The van der Waals surface area contributed by atoms with E-state index in [0.29, 0.717) is 17.1 Å². The van der Waals surface area contributed by atoms with Gasteiger partial charge in [-0.15, -0.1) is 0 Å². The lowest BCUT2D eigenvalue weighted by atomic mass is 10.1. The Morgan fingerprint density at radius 2 is 2.24 bits per heavy atom. The third-order valence-corrected chi connectivity index (χ3v) is 3.20. The number of halogens is 2. The van der Waals surface area contributed by atoms with Crippen molar-refractivity contribution in [2.45, 2.75) is 19.0 Å². The van der Waals surface area contributed by atoms with Crippen molar-refractivity contribution >= 4 is 11.6 Å². The van der Waals surface area contributed by atoms with E-state index in [2.05, 4.69) is 5.32 Å². The SMILES string of the molecule is OC[C@H]1C=C[C@@H](NCc2cc(Cl)ccc2F)C1. The topological polar surface area (TPSA) is 32.3 Å². The zero-order valence-corrected chi connectivity index (χ0v) is 10.1. The second-order valence-corrected chi connectivity index (χ2v) is 4.72. The van der Waals surface area contributed by atoms with Crippen molar-refractivity contribution in [1.82, 2.24) is 5.32 Å². The van der Waals surface area contributed by atoms with E-state index in [1.165, 1.54) is 12.1 Å². The summed E-state index contributed by atoms with van der Waals surface area (Å²) < 4.78 is 13.4. The Bertz CT molecular complexity index is 422. The lowest BCUT2D eigenvalue weighted by molar-refractivity contribution is 0.246. The van der Waals surface area contributed by atoms with Crippen molar-refractivity contribution < 1.29 is 9.50 Å². The van der Waals surface area contributed by atoms with E-state index < -0.39 is 0 Å². The molecule has 1 aromatic carbocycles. The molecule has 0 spiro atoms. The average molecular weight is 256 g/mol. The largest absolute Gasteiger partial charge is 0.396 e. The molecule has 0 heterocycles. The Labute approximate surface area is 105 Å². The molecule has 1 aliphatic rings. The molecule has 2 N–H and O–H groups in total. The van der Waals surface area contributed by atoms with Crippen LogP contribution in [0.2, 0.25) is 5.02 Å². The van der Waals surface area contributed by atoms with Crippen LogP contribution in [0.25, 0.3) is 0 Å². The summed E-state index contributed by atoms with van der Waals surface area (Å²) in [5.41, 5.74) is 0.568. The highest BCUT2D eigenvalue weighted by atomic mass is 35.5. The fourth-order valence-electron chi connectivity index (χ4n) is 1.98. The predicted octanol–water partition coefficient (Wildman–Crippen LogP) is 2.51. The molecule has 0 unspecified atom stereocenters. The van der Waals surface area contributed by atoms with Gasteiger partial charge in [0.05, 0.1) is 0 Å². The van der Waals surface area contributed by atoms with Gasteiger partial charge in [0.2, 0.25) is 0 Å². The molecule has 2 nitrogen and oxygen atoms in total. The van der Waals surface area contributed by atoms with Crippen molar-refractivity contribution in [2.75, 3.05) is 6.61 Å². The molecule has 0 radical (unpaired) electrons. The molecule has 2 atom stereocenters. The van der Waals surface area contributed by atoms with Crippen molar-refractivity contribution in [1.29, 1.82) is 0 Å². The van der Waals surface area contributed by atoms with E-state index in [9.17, 15) is 4.39 Å². The van der Waals surface area contributed by atoms with Crippen LogP contribution in [-0.2, 0) is 6.54 Å². The number of aliphatic hydroxyl groups excluding tert-OH is 1. The number of benzene rings is 1. The lowest BCUT2D eigenvalue weighted by Crippen LogP contribution is -2.26. The van der Waals surface area contributed by atoms with Gasteiger partial charge in [0.15, 0.2) is 0 Å². The Morgan fingerprint density at radius 3 is 2.94 bits per heavy atom. The first-order valence-corrected chi connectivity index (χ1v) is 6.03. The maximum Gasteiger partial charge on any atom is 0.127 e. The van der Waals surface area contributed by atoms with Crippen molar-refractivity contribution in [2.24, 2.45) is 5.92 Å². The monoisotopic (exact) mass is 255 g/mol. The molecular formula is C13H15ClFNO. The summed E-state index contributed by atoms with van der Waals surface area (Å²) in [6, 6.07) is 4.75. The standard InChI is InChI=1S/C13H15ClFNO/c14-11-2-4-13(15)10(6-11)7-16-12-3-1-9(5-12)8-17/h1-4,6,9,12,16-17H,5,7-8H2/t9-,12+/m0/s1. The molecule has 0 aromatic heterocycles. The third-order valence-electron chi connectivity index (χ3n) is 2.97. The molecule has 0 fully saturated rings. The van der Waals surface area contributed by atoms with Gasteiger partial charge < -0.3 is 10.4 Å². The van der Waals surface area contributed by atoms with Gasteiger partial charge in [-0.1, -0.05) is 23.8 Å². The van der Waals surface area contributed by atoms with Crippen LogP contribution >= 0.6 is 11.6 Å². The number of aliphatic hydroxyl groups is 1. The Balaban J connectivity index is 1.90. The first-order valence-electron chi connectivity index (χ1n) is 5.65. The van der Waals surface area contributed by atoms with Crippen LogP contribution in [0.4, 0.5) is 4.39 Å². The van der Waals surface area contributed by atoms with Crippen LogP contribution < -0.4 is 5.32 Å². The molecular weight excluding hydrogens is 241 g/mol. The minimum absolute atomic E-state index is 0.167. The second-order valence-electron chi connectivity index (χ2n) is 4.29. The highest BCUT2D eigenvalue weighted by molar-refractivity contribution is 6.30. The number of hydrogen-bond donors (Lipinski definition) is 2. The first-order chi connectivity index (χ1) is 8.19. The van der Waals surface area contributed by atoms with Gasteiger partial charge in [0.25, 0.3) is 0 Å². The van der Waals surface area contributed by atoms with Gasteiger partial charge in [-0.2, -0.15) is 0 Å². The van der Waals surface area contributed by atoms with Gasteiger partial charge in [-0.05, 0) is 24.6 Å². The minimum Gasteiger partial charge on any atom is -0.396 e. The molecule has 1 aromatic rings. The van der Waals surface area contributed by atoms with E-state index in [0.717, 1.165) is 6.42 Å². The molecule has 0 saturated carbocycles. The molecule has 0 aliphatic heterocycles. The Morgan fingerprint density at radius 1 is 1.41 bits per heavy atom. The molecule has 92 valence electrons. The molecule has 1 aliphatic carbocycles.